The van der Waals surface area contributed by atoms with E-state index in [9.17, 15) is 18.0 Å². The van der Waals surface area contributed by atoms with Gasteiger partial charge in [0.2, 0.25) is 5.91 Å². The van der Waals surface area contributed by atoms with Crippen LogP contribution in [-0.4, -0.2) is 33.3 Å². The average Bonchev–Trinajstić information content (AvgIpc) is 2.66. The third kappa shape index (κ3) is 6.32. The normalized spacial score (nSPS) is 11.2. The second kappa shape index (κ2) is 9.56. The quantitative estimate of drug-likeness (QED) is 0.574. The maximum absolute atomic E-state index is 12.7. The van der Waals surface area contributed by atoms with Gasteiger partial charge in [-0.2, -0.15) is 0 Å². The fraction of sp³-hybridized carbons (Fsp3) is 0.333. The van der Waals surface area contributed by atoms with Crippen LogP contribution in [0.4, 0.5) is 5.69 Å². The number of sulfonamides is 1. The summed E-state index contributed by atoms with van der Waals surface area (Å²) in [4.78, 5) is 24.0. The minimum absolute atomic E-state index is 0.0814. The number of hydrogen-bond acceptors (Lipinski definition) is 4. The van der Waals surface area contributed by atoms with Crippen molar-refractivity contribution in [3.63, 3.8) is 0 Å². The van der Waals surface area contributed by atoms with Gasteiger partial charge in [-0.15, -0.1) is 0 Å². The SMILES string of the molecule is Cc1ccc(C)c(S(=O)(=O)Nc2cccc(C(=O)NCCNC(=O)C(C)C)c2)c1. The van der Waals surface area contributed by atoms with Crippen LogP contribution >= 0.6 is 0 Å². The summed E-state index contributed by atoms with van der Waals surface area (Å²) in [6.07, 6.45) is 0. The lowest BCUT2D eigenvalue weighted by molar-refractivity contribution is -0.123. The Morgan fingerprint density at radius 1 is 0.966 bits per heavy atom. The van der Waals surface area contributed by atoms with Crippen LogP contribution in [0.1, 0.15) is 35.3 Å². The molecule has 2 amide bonds. The number of carbonyl (C=O) groups is 2. The first-order valence-corrected chi connectivity index (χ1v) is 10.8. The molecule has 0 saturated carbocycles. The second-order valence-electron chi connectivity index (χ2n) is 7.16. The van der Waals surface area contributed by atoms with Crippen LogP contribution in [0, 0.1) is 19.8 Å². The van der Waals surface area contributed by atoms with Crippen LogP contribution in [0.15, 0.2) is 47.4 Å². The van der Waals surface area contributed by atoms with E-state index in [1.54, 1.807) is 51.1 Å². The van der Waals surface area contributed by atoms with Crippen LogP contribution < -0.4 is 15.4 Å². The maximum Gasteiger partial charge on any atom is 0.262 e. The van der Waals surface area contributed by atoms with Gasteiger partial charge in [0.25, 0.3) is 15.9 Å². The summed E-state index contributed by atoms with van der Waals surface area (Å²) in [6, 6.07) is 11.5. The van der Waals surface area contributed by atoms with Crippen molar-refractivity contribution < 1.29 is 18.0 Å². The van der Waals surface area contributed by atoms with Gasteiger partial charge in [0.15, 0.2) is 0 Å². The summed E-state index contributed by atoms with van der Waals surface area (Å²) in [6.45, 7) is 7.73. The largest absolute Gasteiger partial charge is 0.354 e. The molecule has 0 bridgehead atoms. The summed E-state index contributed by atoms with van der Waals surface area (Å²) in [5.74, 6) is -0.550. The van der Waals surface area contributed by atoms with Gasteiger partial charge in [-0.05, 0) is 49.2 Å². The minimum atomic E-state index is -3.78. The predicted octanol–water partition coefficient (Wildman–Crippen LogP) is 2.61. The van der Waals surface area contributed by atoms with E-state index in [0.717, 1.165) is 5.56 Å². The van der Waals surface area contributed by atoms with Crippen LogP contribution in [0.25, 0.3) is 0 Å². The van der Waals surface area contributed by atoms with Crippen molar-refractivity contribution >= 4 is 27.5 Å². The monoisotopic (exact) mass is 417 g/mol. The lowest BCUT2D eigenvalue weighted by Crippen LogP contribution is -2.36. The number of amides is 2. The Balaban J connectivity index is 2.04. The van der Waals surface area contributed by atoms with E-state index in [1.807, 2.05) is 13.0 Å². The summed E-state index contributed by atoms with van der Waals surface area (Å²) in [5.41, 5.74) is 2.10. The molecule has 0 unspecified atom stereocenters. The number of benzene rings is 2. The molecular formula is C21H27N3O4S. The molecule has 0 aliphatic rings. The fourth-order valence-corrected chi connectivity index (χ4v) is 3.98. The Kier molecular flexibility index (Phi) is 7.39. The molecule has 0 radical (unpaired) electrons. The van der Waals surface area contributed by atoms with Gasteiger partial charge in [-0.1, -0.05) is 32.0 Å². The lowest BCUT2D eigenvalue weighted by atomic mass is 10.2. The van der Waals surface area contributed by atoms with Crippen molar-refractivity contribution in [2.24, 2.45) is 5.92 Å². The van der Waals surface area contributed by atoms with E-state index in [4.69, 9.17) is 0 Å². The van der Waals surface area contributed by atoms with Crippen LogP contribution in [-0.2, 0) is 14.8 Å². The molecule has 0 saturated heterocycles. The Hall–Kier alpha value is -2.87. The van der Waals surface area contributed by atoms with Crippen molar-refractivity contribution in [1.29, 1.82) is 0 Å². The second-order valence-corrected chi connectivity index (χ2v) is 8.81. The van der Waals surface area contributed by atoms with E-state index in [0.29, 0.717) is 23.4 Å². The first-order valence-electron chi connectivity index (χ1n) is 9.36. The molecule has 0 spiro atoms. The number of nitrogens with one attached hydrogen (secondary N) is 3. The molecule has 0 aliphatic heterocycles. The zero-order valence-electron chi connectivity index (χ0n) is 17.1. The molecule has 8 heteroatoms. The Bertz CT molecular complexity index is 1000. The van der Waals surface area contributed by atoms with Crippen molar-refractivity contribution in [2.75, 3.05) is 17.8 Å². The molecule has 0 fully saturated rings. The Morgan fingerprint density at radius 3 is 2.34 bits per heavy atom. The molecule has 2 rings (SSSR count). The van der Waals surface area contributed by atoms with Gasteiger partial charge in [-0.25, -0.2) is 8.42 Å². The van der Waals surface area contributed by atoms with Gasteiger partial charge in [-0.3, -0.25) is 14.3 Å². The number of anilines is 1. The third-order valence-corrected chi connectivity index (χ3v) is 5.77. The highest BCUT2D eigenvalue weighted by atomic mass is 32.2. The van der Waals surface area contributed by atoms with E-state index in [1.165, 1.54) is 6.07 Å². The summed E-state index contributed by atoms with van der Waals surface area (Å²) < 4.78 is 28.0. The lowest BCUT2D eigenvalue weighted by Gasteiger charge is -2.12. The van der Waals surface area contributed by atoms with Gasteiger partial charge < -0.3 is 10.6 Å². The van der Waals surface area contributed by atoms with E-state index in [2.05, 4.69) is 15.4 Å². The van der Waals surface area contributed by atoms with Crippen molar-refractivity contribution in [1.82, 2.24) is 10.6 Å². The van der Waals surface area contributed by atoms with Gasteiger partial charge in [0.1, 0.15) is 0 Å². The van der Waals surface area contributed by atoms with Crippen LogP contribution in [0.3, 0.4) is 0 Å². The molecule has 2 aromatic carbocycles. The molecule has 0 heterocycles. The summed E-state index contributed by atoms with van der Waals surface area (Å²) >= 11 is 0. The molecule has 156 valence electrons. The van der Waals surface area contributed by atoms with Gasteiger partial charge in [0, 0.05) is 30.3 Å². The molecule has 0 atom stereocenters. The van der Waals surface area contributed by atoms with E-state index in [-0.39, 0.29) is 29.2 Å². The van der Waals surface area contributed by atoms with Crippen molar-refractivity contribution in [2.45, 2.75) is 32.6 Å². The summed E-state index contributed by atoms with van der Waals surface area (Å²) in [7, 11) is -3.78. The Morgan fingerprint density at radius 2 is 1.66 bits per heavy atom. The highest BCUT2D eigenvalue weighted by molar-refractivity contribution is 7.92. The molecule has 29 heavy (non-hydrogen) atoms. The van der Waals surface area contributed by atoms with Gasteiger partial charge in [0.05, 0.1) is 4.90 Å². The van der Waals surface area contributed by atoms with Crippen molar-refractivity contribution in [3.05, 3.63) is 59.2 Å². The molecule has 0 aliphatic carbocycles. The average molecular weight is 418 g/mol. The number of hydrogen-bond donors (Lipinski definition) is 3. The number of carbonyl (C=O) groups excluding carboxylic acids is 2. The van der Waals surface area contributed by atoms with Crippen LogP contribution in [0.5, 0.6) is 0 Å². The zero-order valence-corrected chi connectivity index (χ0v) is 17.9. The first kappa shape index (κ1) is 22.4. The minimum Gasteiger partial charge on any atom is -0.354 e. The van der Waals surface area contributed by atoms with E-state index >= 15 is 0 Å². The highest BCUT2D eigenvalue weighted by Gasteiger charge is 2.18. The molecule has 0 aromatic heterocycles. The van der Waals surface area contributed by atoms with Crippen LogP contribution in [0.2, 0.25) is 0 Å². The maximum atomic E-state index is 12.7. The van der Waals surface area contributed by atoms with E-state index < -0.39 is 10.0 Å². The standard InChI is InChI=1S/C21H27N3O4S/c1-14(2)20(25)22-10-11-23-21(26)17-6-5-7-18(13-17)24-29(27,28)19-12-15(3)8-9-16(19)4/h5-9,12-14,24H,10-11H2,1-4H3,(H,22,25)(H,23,26). The first-order chi connectivity index (χ1) is 13.6. The molecule has 3 N–H and O–H groups in total. The molecule has 7 nitrogen and oxygen atoms in total. The zero-order chi connectivity index (χ0) is 21.6. The molecular weight excluding hydrogens is 390 g/mol. The highest BCUT2D eigenvalue weighted by Crippen LogP contribution is 2.21. The topological polar surface area (TPSA) is 104 Å². The fourth-order valence-electron chi connectivity index (χ4n) is 2.60. The predicted molar refractivity (Wildman–Crippen MR) is 113 cm³/mol. The molecule has 2 aromatic rings. The van der Waals surface area contributed by atoms with Crippen molar-refractivity contribution in [3.8, 4) is 0 Å². The number of aryl methyl sites for hydroxylation is 2. The van der Waals surface area contributed by atoms with Gasteiger partial charge >= 0.3 is 0 Å². The smallest absolute Gasteiger partial charge is 0.262 e. The summed E-state index contributed by atoms with van der Waals surface area (Å²) in [5, 5.41) is 5.41. The Labute approximate surface area is 172 Å². The number of rotatable bonds is 8. The third-order valence-electron chi connectivity index (χ3n) is 4.24.